The summed E-state index contributed by atoms with van der Waals surface area (Å²) < 4.78 is 44.9. The van der Waals surface area contributed by atoms with E-state index in [4.69, 9.17) is 16.3 Å². The second-order valence-electron chi connectivity index (χ2n) is 5.99. The van der Waals surface area contributed by atoms with Gasteiger partial charge in [0.05, 0.1) is 30.6 Å². The average Bonchev–Trinajstić information content (AvgIpc) is 2.46. The number of carbonyl (C=O) groups excluding carboxylic acids is 1. The summed E-state index contributed by atoms with van der Waals surface area (Å²) in [6.07, 6.45) is -3.00. The molecule has 3 nitrogen and oxygen atoms in total. The summed E-state index contributed by atoms with van der Waals surface area (Å²) in [5, 5.41) is 0. The normalized spacial score (nSPS) is 34.8. The first-order valence-electron chi connectivity index (χ1n) is 7.39. The van der Waals surface area contributed by atoms with Crippen molar-refractivity contribution >= 4 is 17.5 Å². The molecular weight excluding hydrogens is 307 g/mol. The molecule has 0 radical (unpaired) electrons. The van der Waals surface area contributed by atoms with Gasteiger partial charge >= 0.3 is 6.18 Å². The van der Waals surface area contributed by atoms with E-state index in [0.717, 1.165) is 0 Å². The van der Waals surface area contributed by atoms with Gasteiger partial charge in [-0.3, -0.25) is 4.79 Å². The fourth-order valence-electron chi connectivity index (χ4n) is 3.25. The van der Waals surface area contributed by atoms with Crippen LogP contribution in [-0.2, 0) is 9.53 Å². The third kappa shape index (κ3) is 3.83. The van der Waals surface area contributed by atoms with Gasteiger partial charge in [0.1, 0.15) is 0 Å². The number of amides is 1. The maximum absolute atomic E-state index is 13.1. The summed E-state index contributed by atoms with van der Waals surface area (Å²) in [5.41, 5.74) is 0. The van der Waals surface area contributed by atoms with Crippen molar-refractivity contribution in [2.45, 2.75) is 50.9 Å². The van der Waals surface area contributed by atoms with Crippen LogP contribution in [0.1, 0.15) is 32.6 Å². The number of halogens is 4. The van der Waals surface area contributed by atoms with E-state index >= 15 is 0 Å². The van der Waals surface area contributed by atoms with Crippen LogP contribution in [0.3, 0.4) is 0 Å². The van der Waals surface area contributed by atoms with Gasteiger partial charge in [-0.2, -0.15) is 13.2 Å². The molecule has 0 spiro atoms. The number of hydrogen-bond acceptors (Lipinski definition) is 2. The monoisotopic (exact) mass is 327 g/mol. The van der Waals surface area contributed by atoms with Gasteiger partial charge in [0, 0.05) is 12.5 Å². The number of hydrogen-bond donors (Lipinski definition) is 0. The van der Waals surface area contributed by atoms with Gasteiger partial charge in [-0.05, 0) is 19.8 Å². The lowest BCUT2D eigenvalue weighted by Gasteiger charge is -2.42. The standard InChI is InChI=1S/C14H21ClF3NO2/c1-9-8-21-10(6-15)7-19(9)13(20)11-4-2-3-5-12(11)14(16,17)18/h9-12H,2-8H2,1H3. The van der Waals surface area contributed by atoms with Crippen molar-refractivity contribution < 1.29 is 22.7 Å². The summed E-state index contributed by atoms with van der Waals surface area (Å²) in [5.74, 6) is -2.61. The first-order chi connectivity index (χ1) is 9.84. The second kappa shape index (κ2) is 6.73. The molecule has 0 aromatic rings. The Kier molecular flexibility index (Phi) is 5.41. The van der Waals surface area contributed by atoms with Crippen molar-refractivity contribution in [3.63, 3.8) is 0 Å². The lowest BCUT2D eigenvalue weighted by Crippen LogP contribution is -2.55. The third-order valence-electron chi connectivity index (χ3n) is 4.46. The predicted octanol–water partition coefficient (Wildman–Crippen LogP) is 3.21. The maximum Gasteiger partial charge on any atom is 0.392 e. The van der Waals surface area contributed by atoms with Crippen LogP contribution >= 0.6 is 11.6 Å². The fraction of sp³-hybridized carbons (Fsp3) is 0.929. The molecule has 0 aromatic carbocycles. The molecule has 2 rings (SSSR count). The van der Waals surface area contributed by atoms with E-state index in [0.29, 0.717) is 25.9 Å². The average molecular weight is 328 g/mol. The molecule has 4 unspecified atom stereocenters. The Labute approximate surface area is 127 Å². The van der Waals surface area contributed by atoms with Gasteiger partial charge in [-0.1, -0.05) is 12.8 Å². The molecule has 1 aliphatic carbocycles. The highest BCUT2D eigenvalue weighted by Gasteiger charge is 2.49. The van der Waals surface area contributed by atoms with Crippen molar-refractivity contribution in [3.05, 3.63) is 0 Å². The molecule has 4 atom stereocenters. The van der Waals surface area contributed by atoms with Gasteiger partial charge in [-0.15, -0.1) is 11.6 Å². The van der Waals surface area contributed by atoms with Crippen LogP contribution in [0.25, 0.3) is 0 Å². The summed E-state index contributed by atoms with van der Waals surface area (Å²) in [4.78, 5) is 14.1. The van der Waals surface area contributed by atoms with Crippen LogP contribution in [0, 0.1) is 11.8 Å². The molecule has 1 aliphatic heterocycles. The molecule has 21 heavy (non-hydrogen) atoms. The summed E-state index contributed by atoms with van der Waals surface area (Å²) >= 11 is 5.74. The number of carbonyl (C=O) groups is 1. The van der Waals surface area contributed by atoms with Crippen molar-refractivity contribution in [3.8, 4) is 0 Å². The Morgan fingerprint density at radius 2 is 2.00 bits per heavy atom. The molecule has 0 aromatic heterocycles. The van der Waals surface area contributed by atoms with Gasteiger partial charge in [0.15, 0.2) is 0 Å². The summed E-state index contributed by atoms with van der Waals surface area (Å²) in [7, 11) is 0. The molecule has 7 heteroatoms. The lowest BCUT2D eigenvalue weighted by atomic mass is 9.77. The highest BCUT2D eigenvalue weighted by Crippen LogP contribution is 2.42. The second-order valence-corrected chi connectivity index (χ2v) is 6.30. The van der Waals surface area contributed by atoms with E-state index in [2.05, 4.69) is 0 Å². The minimum absolute atomic E-state index is 0.0531. The Morgan fingerprint density at radius 3 is 2.62 bits per heavy atom. The minimum atomic E-state index is -4.30. The van der Waals surface area contributed by atoms with Crippen molar-refractivity contribution in [2.75, 3.05) is 19.0 Å². The SMILES string of the molecule is CC1COC(CCl)CN1C(=O)C1CCCCC1C(F)(F)F. The molecule has 122 valence electrons. The van der Waals surface area contributed by atoms with Crippen molar-refractivity contribution in [1.82, 2.24) is 4.90 Å². The molecule has 1 amide bonds. The number of alkyl halides is 4. The summed E-state index contributed by atoms with van der Waals surface area (Å²) in [6, 6.07) is -0.201. The van der Waals surface area contributed by atoms with E-state index in [1.54, 1.807) is 6.92 Å². The zero-order chi connectivity index (χ0) is 15.6. The van der Waals surface area contributed by atoms with Crippen molar-refractivity contribution in [2.24, 2.45) is 11.8 Å². The van der Waals surface area contributed by atoms with Crippen LogP contribution in [0.2, 0.25) is 0 Å². The molecule has 0 bridgehead atoms. The fourth-order valence-corrected chi connectivity index (χ4v) is 3.44. The molecule has 0 N–H and O–H groups in total. The topological polar surface area (TPSA) is 29.5 Å². The lowest BCUT2D eigenvalue weighted by molar-refractivity contribution is -0.203. The predicted molar refractivity (Wildman–Crippen MR) is 73.1 cm³/mol. The molecular formula is C14H21ClF3NO2. The largest absolute Gasteiger partial charge is 0.392 e. The van der Waals surface area contributed by atoms with Gasteiger partial charge < -0.3 is 9.64 Å². The first-order valence-corrected chi connectivity index (χ1v) is 7.92. The molecule has 1 heterocycles. The highest BCUT2D eigenvalue weighted by atomic mass is 35.5. The Balaban J connectivity index is 2.12. The van der Waals surface area contributed by atoms with Crippen LogP contribution in [0.4, 0.5) is 13.2 Å². The highest BCUT2D eigenvalue weighted by molar-refractivity contribution is 6.18. The summed E-state index contributed by atoms with van der Waals surface area (Å²) in [6.45, 7) is 2.41. The maximum atomic E-state index is 13.1. The zero-order valence-electron chi connectivity index (χ0n) is 12.0. The van der Waals surface area contributed by atoms with E-state index in [1.807, 2.05) is 0 Å². The van der Waals surface area contributed by atoms with Crippen LogP contribution in [0.5, 0.6) is 0 Å². The molecule has 2 fully saturated rings. The van der Waals surface area contributed by atoms with Gasteiger partial charge in [0.2, 0.25) is 5.91 Å². The van der Waals surface area contributed by atoms with E-state index in [-0.39, 0.29) is 36.9 Å². The quantitative estimate of drug-likeness (QED) is 0.729. The minimum Gasteiger partial charge on any atom is -0.373 e. The van der Waals surface area contributed by atoms with Crippen LogP contribution in [-0.4, -0.2) is 48.2 Å². The Morgan fingerprint density at radius 1 is 1.33 bits per heavy atom. The van der Waals surface area contributed by atoms with E-state index < -0.39 is 18.0 Å². The molecule has 2 aliphatic rings. The van der Waals surface area contributed by atoms with Gasteiger partial charge in [0.25, 0.3) is 0 Å². The number of morpholine rings is 1. The number of ether oxygens (including phenoxy) is 1. The Hall–Kier alpha value is -0.490. The van der Waals surface area contributed by atoms with E-state index in [1.165, 1.54) is 4.90 Å². The number of nitrogens with zero attached hydrogens (tertiary/aromatic N) is 1. The molecule has 1 saturated carbocycles. The van der Waals surface area contributed by atoms with Crippen molar-refractivity contribution in [1.29, 1.82) is 0 Å². The van der Waals surface area contributed by atoms with E-state index in [9.17, 15) is 18.0 Å². The molecule has 1 saturated heterocycles. The smallest absolute Gasteiger partial charge is 0.373 e. The third-order valence-corrected chi connectivity index (χ3v) is 4.81. The van der Waals surface area contributed by atoms with Crippen LogP contribution < -0.4 is 0 Å². The zero-order valence-corrected chi connectivity index (χ0v) is 12.8. The first kappa shape index (κ1) is 16.9. The number of rotatable bonds is 2. The van der Waals surface area contributed by atoms with Crippen LogP contribution in [0.15, 0.2) is 0 Å². The Bertz CT molecular complexity index is 378. The van der Waals surface area contributed by atoms with Gasteiger partial charge in [-0.25, -0.2) is 0 Å².